The highest BCUT2D eigenvalue weighted by molar-refractivity contribution is 7.22. The lowest BCUT2D eigenvalue weighted by Gasteiger charge is -2.17. The van der Waals surface area contributed by atoms with Gasteiger partial charge in [0.05, 0.1) is 14.2 Å². The molecule has 0 spiro atoms. The number of rotatable bonds is 5. The molecule has 150 valence electrons. The highest BCUT2D eigenvalue weighted by Gasteiger charge is 2.21. The third-order valence-electron chi connectivity index (χ3n) is 5.04. The molecule has 3 nitrogen and oxygen atoms in total. The van der Waals surface area contributed by atoms with Gasteiger partial charge in [-0.05, 0) is 48.2 Å². The normalized spacial score (nSPS) is 10.7. The fourth-order valence-corrected chi connectivity index (χ4v) is 4.55. The van der Waals surface area contributed by atoms with Crippen molar-refractivity contribution in [1.29, 1.82) is 0 Å². The molecule has 4 rings (SSSR count). The SMILES string of the molecule is COc1cc(OC)c(-c2cc(C(C)=C=O)ccc2F)c(-c2cc3ccccc3s2)c1. The van der Waals surface area contributed by atoms with E-state index in [1.54, 1.807) is 50.7 Å². The van der Waals surface area contributed by atoms with Crippen LogP contribution < -0.4 is 9.47 Å². The monoisotopic (exact) mass is 418 g/mol. The van der Waals surface area contributed by atoms with Gasteiger partial charge in [-0.15, -0.1) is 11.3 Å². The van der Waals surface area contributed by atoms with Crippen LogP contribution in [-0.2, 0) is 4.79 Å². The first-order chi connectivity index (χ1) is 14.5. The van der Waals surface area contributed by atoms with E-state index in [-0.39, 0.29) is 0 Å². The molecule has 0 unspecified atom stereocenters. The Bertz CT molecular complexity index is 1270. The van der Waals surface area contributed by atoms with Gasteiger partial charge in [-0.2, -0.15) is 0 Å². The molecule has 0 aliphatic carbocycles. The number of hydrogen-bond donors (Lipinski definition) is 0. The van der Waals surface area contributed by atoms with Gasteiger partial charge in [0, 0.05) is 37.9 Å². The summed E-state index contributed by atoms with van der Waals surface area (Å²) < 4.78 is 27.3. The molecule has 0 saturated heterocycles. The van der Waals surface area contributed by atoms with E-state index in [0.717, 1.165) is 20.5 Å². The van der Waals surface area contributed by atoms with Crippen LogP contribution in [0.4, 0.5) is 4.39 Å². The van der Waals surface area contributed by atoms with Gasteiger partial charge in [0.1, 0.15) is 23.3 Å². The lowest BCUT2D eigenvalue weighted by molar-refractivity contribution is 0.395. The van der Waals surface area contributed by atoms with Crippen molar-refractivity contribution in [3.05, 3.63) is 72.0 Å². The molecule has 5 heteroatoms. The summed E-state index contributed by atoms with van der Waals surface area (Å²) in [5, 5.41) is 1.11. The summed E-state index contributed by atoms with van der Waals surface area (Å²) in [7, 11) is 3.13. The maximum Gasteiger partial charge on any atom is 0.131 e. The molecule has 0 aliphatic rings. The average molecular weight is 418 g/mol. The van der Waals surface area contributed by atoms with Crippen LogP contribution in [0.2, 0.25) is 0 Å². The Morgan fingerprint density at radius 1 is 0.967 bits per heavy atom. The number of halogens is 1. The zero-order valence-corrected chi connectivity index (χ0v) is 17.6. The highest BCUT2D eigenvalue weighted by Crippen LogP contribution is 2.46. The molecule has 3 aromatic carbocycles. The second-order valence-electron chi connectivity index (χ2n) is 6.82. The van der Waals surface area contributed by atoms with Gasteiger partial charge in [0.15, 0.2) is 0 Å². The van der Waals surface area contributed by atoms with Crippen LogP contribution in [0.5, 0.6) is 11.5 Å². The Hall–Kier alpha value is -3.40. The first-order valence-corrected chi connectivity index (χ1v) is 10.1. The van der Waals surface area contributed by atoms with Crippen molar-refractivity contribution in [3.63, 3.8) is 0 Å². The van der Waals surface area contributed by atoms with Crippen molar-refractivity contribution in [1.82, 2.24) is 0 Å². The number of benzene rings is 3. The van der Waals surface area contributed by atoms with Gasteiger partial charge in [0.2, 0.25) is 0 Å². The Kier molecular flexibility index (Phi) is 5.40. The molecule has 0 radical (unpaired) electrons. The first-order valence-electron chi connectivity index (χ1n) is 9.32. The van der Waals surface area contributed by atoms with Crippen LogP contribution in [0.15, 0.2) is 60.7 Å². The fourth-order valence-electron chi connectivity index (χ4n) is 3.46. The molecule has 0 aliphatic heterocycles. The third-order valence-corrected chi connectivity index (χ3v) is 6.19. The molecule has 30 heavy (non-hydrogen) atoms. The molecule has 0 fully saturated rings. The van der Waals surface area contributed by atoms with E-state index < -0.39 is 5.82 Å². The van der Waals surface area contributed by atoms with Gasteiger partial charge < -0.3 is 9.47 Å². The summed E-state index contributed by atoms with van der Waals surface area (Å²) >= 11 is 1.62. The van der Waals surface area contributed by atoms with Crippen molar-refractivity contribution in [3.8, 4) is 33.1 Å². The van der Waals surface area contributed by atoms with Crippen LogP contribution in [0.3, 0.4) is 0 Å². The fraction of sp³-hybridized carbons (Fsp3) is 0.120. The van der Waals surface area contributed by atoms with Crippen LogP contribution >= 0.6 is 11.3 Å². The maximum atomic E-state index is 15.0. The topological polar surface area (TPSA) is 35.5 Å². The van der Waals surface area contributed by atoms with Gasteiger partial charge in [-0.1, -0.05) is 24.3 Å². The molecule has 4 aromatic rings. The first kappa shape index (κ1) is 19.9. The Balaban J connectivity index is 2.05. The summed E-state index contributed by atoms with van der Waals surface area (Å²) in [6.07, 6.45) is 0. The van der Waals surface area contributed by atoms with E-state index in [1.165, 1.54) is 6.07 Å². The summed E-state index contributed by atoms with van der Waals surface area (Å²) in [6, 6.07) is 18.4. The predicted octanol–water partition coefficient (Wildman–Crippen LogP) is 6.63. The Morgan fingerprint density at radius 2 is 1.77 bits per heavy atom. The lowest BCUT2D eigenvalue weighted by Crippen LogP contribution is -1.96. The van der Waals surface area contributed by atoms with Crippen molar-refractivity contribution in [2.75, 3.05) is 14.2 Å². The number of ether oxygens (including phenoxy) is 2. The Labute approximate surface area is 178 Å². The minimum absolute atomic E-state index is 0.356. The molecular weight excluding hydrogens is 399 g/mol. The van der Waals surface area contributed by atoms with Crippen LogP contribution in [-0.4, -0.2) is 20.2 Å². The summed E-state index contributed by atoms with van der Waals surface area (Å²) in [6.45, 7) is 1.65. The molecule has 1 aromatic heterocycles. The van der Waals surface area contributed by atoms with Crippen LogP contribution in [0.25, 0.3) is 37.2 Å². The standard InChI is InChI=1S/C25H19FO3S/c1-15(14-27)16-8-9-21(26)19(10-16)25-20(12-18(28-2)13-22(25)29-3)24-11-17-6-4-5-7-23(17)30-24/h4-13H,1-3H3. The molecule has 0 amide bonds. The summed E-state index contributed by atoms with van der Waals surface area (Å²) in [5.41, 5.74) is 2.79. The zero-order valence-electron chi connectivity index (χ0n) is 16.8. The predicted molar refractivity (Wildman–Crippen MR) is 121 cm³/mol. The molecule has 1 heterocycles. The second kappa shape index (κ2) is 8.15. The van der Waals surface area contributed by atoms with E-state index in [2.05, 4.69) is 12.1 Å². The number of fused-ring (bicyclic) bond motifs is 1. The van der Waals surface area contributed by atoms with Crippen molar-refractivity contribution < 1.29 is 18.7 Å². The number of methoxy groups -OCH3 is 2. The van der Waals surface area contributed by atoms with E-state index in [9.17, 15) is 4.79 Å². The van der Waals surface area contributed by atoms with Crippen molar-refractivity contribution in [2.45, 2.75) is 6.92 Å². The third kappa shape index (κ3) is 3.50. The number of allylic oxidation sites excluding steroid dienone is 1. The summed E-state index contributed by atoms with van der Waals surface area (Å²) in [5.74, 6) is 2.59. The Morgan fingerprint density at radius 3 is 2.47 bits per heavy atom. The van der Waals surface area contributed by atoms with Gasteiger partial charge in [-0.25, -0.2) is 9.18 Å². The summed E-state index contributed by atoms with van der Waals surface area (Å²) in [4.78, 5) is 12.1. The number of carbonyl (C=O) groups excluding carboxylic acids is 1. The largest absolute Gasteiger partial charge is 0.497 e. The van der Waals surface area contributed by atoms with Gasteiger partial charge in [-0.3, -0.25) is 0 Å². The van der Waals surface area contributed by atoms with Gasteiger partial charge in [0.25, 0.3) is 0 Å². The molecule has 0 atom stereocenters. The zero-order chi connectivity index (χ0) is 21.3. The molecular formula is C25H19FO3S. The molecule has 0 N–H and O–H groups in total. The van der Waals surface area contributed by atoms with Crippen molar-refractivity contribution in [2.24, 2.45) is 0 Å². The number of thiophene rings is 1. The number of hydrogen-bond acceptors (Lipinski definition) is 4. The second-order valence-corrected chi connectivity index (χ2v) is 7.91. The van der Waals surface area contributed by atoms with E-state index in [0.29, 0.717) is 33.8 Å². The van der Waals surface area contributed by atoms with Gasteiger partial charge >= 0.3 is 0 Å². The molecule has 0 saturated carbocycles. The lowest BCUT2D eigenvalue weighted by atomic mass is 9.94. The van der Waals surface area contributed by atoms with Crippen molar-refractivity contribution >= 4 is 32.9 Å². The highest BCUT2D eigenvalue weighted by atomic mass is 32.1. The smallest absolute Gasteiger partial charge is 0.131 e. The quantitative estimate of drug-likeness (QED) is 0.341. The maximum absolute atomic E-state index is 15.0. The minimum Gasteiger partial charge on any atom is -0.497 e. The van der Waals surface area contributed by atoms with E-state index in [1.807, 2.05) is 30.2 Å². The van der Waals surface area contributed by atoms with Crippen LogP contribution in [0, 0.1) is 5.82 Å². The minimum atomic E-state index is -0.400. The van der Waals surface area contributed by atoms with Crippen LogP contribution in [0.1, 0.15) is 12.5 Å². The average Bonchev–Trinajstić information content (AvgIpc) is 3.22. The molecule has 0 bridgehead atoms. The van der Waals surface area contributed by atoms with E-state index >= 15 is 4.39 Å². The van der Waals surface area contributed by atoms with E-state index in [4.69, 9.17) is 9.47 Å².